The van der Waals surface area contributed by atoms with Gasteiger partial charge in [-0.15, -0.1) is 0 Å². The number of carbonyl (C=O) groups excluding carboxylic acids is 2. The molecular formula is C35H50O6. The van der Waals surface area contributed by atoms with Crippen LogP contribution in [0.5, 0.6) is 0 Å². The first-order valence-electron chi connectivity index (χ1n) is 14.7. The molecule has 6 nitrogen and oxygen atoms in total. The van der Waals surface area contributed by atoms with Crippen molar-refractivity contribution in [2.75, 3.05) is 0 Å². The molecule has 0 saturated heterocycles. The highest BCUT2D eigenvalue weighted by Gasteiger charge is 2.28. The Morgan fingerprint density at radius 2 is 1.66 bits per heavy atom. The zero-order chi connectivity index (χ0) is 31.1. The number of rotatable bonds is 16. The van der Waals surface area contributed by atoms with E-state index in [1.165, 1.54) is 17.7 Å². The van der Waals surface area contributed by atoms with Gasteiger partial charge in [0.25, 0.3) is 0 Å². The fourth-order valence-electron chi connectivity index (χ4n) is 4.78. The van der Waals surface area contributed by atoms with Gasteiger partial charge >= 0.3 is 11.9 Å². The molecule has 1 aliphatic heterocycles. The molecular weight excluding hydrogens is 516 g/mol. The molecule has 0 amide bonds. The van der Waals surface area contributed by atoms with Gasteiger partial charge in [0.05, 0.1) is 6.10 Å². The summed E-state index contributed by atoms with van der Waals surface area (Å²) in [6.45, 7) is 15.7. The van der Waals surface area contributed by atoms with Gasteiger partial charge in [-0.05, 0) is 51.0 Å². The molecule has 1 rings (SSSR count). The zero-order valence-electron chi connectivity index (χ0n) is 26.0. The van der Waals surface area contributed by atoms with Crippen molar-refractivity contribution in [3.63, 3.8) is 0 Å². The molecule has 0 fully saturated rings. The molecule has 41 heavy (non-hydrogen) atoms. The molecule has 0 spiro atoms. The predicted octanol–water partition coefficient (Wildman–Crippen LogP) is 7.34. The number of hydrogen-bond donors (Lipinski definition) is 2. The first-order chi connectivity index (χ1) is 19.2. The molecule has 2 N–H and O–H groups in total. The van der Waals surface area contributed by atoms with Crippen molar-refractivity contribution in [2.45, 2.75) is 86.9 Å². The molecule has 0 aromatic carbocycles. The number of aliphatic hydroxyl groups is 1. The summed E-state index contributed by atoms with van der Waals surface area (Å²) in [6, 6.07) is 0. The summed E-state index contributed by atoms with van der Waals surface area (Å²) in [6.07, 6.45) is 21.5. The van der Waals surface area contributed by atoms with Gasteiger partial charge < -0.3 is 14.9 Å². The highest BCUT2D eigenvalue weighted by Crippen LogP contribution is 2.22. The van der Waals surface area contributed by atoms with Crippen molar-refractivity contribution < 1.29 is 29.3 Å². The first kappa shape index (κ1) is 35.8. The lowest BCUT2D eigenvalue weighted by atomic mass is 9.84. The second-order valence-corrected chi connectivity index (χ2v) is 11.4. The molecule has 0 saturated carbocycles. The fourth-order valence-corrected chi connectivity index (χ4v) is 4.78. The molecule has 0 aromatic rings. The lowest BCUT2D eigenvalue weighted by Crippen LogP contribution is -2.33. The number of allylic oxidation sites excluding steroid dienone is 10. The number of esters is 1. The van der Waals surface area contributed by atoms with Crippen LogP contribution in [0.15, 0.2) is 83.6 Å². The molecule has 0 aromatic heterocycles. The van der Waals surface area contributed by atoms with E-state index in [0.29, 0.717) is 12.3 Å². The summed E-state index contributed by atoms with van der Waals surface area (Å²) >= 11 is 0. The van der Waals surface area contributed by atoms with Crippen molar-refractivity contribution in [1.82, 2.24) is 0 Å². The lowest BCUT2D eigenvalue weighted by molar-refractivity contribution is -0.143. The number of carbonyl (C=O) groups is 3. The topological polar surface area (TPSA) is 101 Å². The smallest absolute Gasteiger partial charge is 0.331 e. The first-order valence-corrected chi connectivity index (χ1v) is 14.7. The Balaban J connectivity index is 2.70. The third kappa shape index (κ3) is 13.8. The van der Waals surface area contributed by atoms with Gasteiger partial charge in [-0.25, -0.2) is 9.59 Å². The zero-order valence-corrected chi connectivity index (χ0v) is 26.0. The minimum Gasteiger partial charge on any atom is -0.478 e. The van der Waals surface area contributed by atoms with Crippen LogP contribution in [0, 0.1) is 29.6 Å². The van der Waals surface area contributed by atoms with E-state index >= 15 is 0 Å². The van der Waals surface area contributed by atoms with Crippen molar-refractivity contribution in [2.24, 2.45) is 29.6 Å². The maximum atomic E-state index is 12.9. The van der Waals surface area contributed by atoms with E-state index in [9.17, 15) is 19.5 Å². The van der Waals surface area contributed by atoms with Crippen LogP contribution in [-0.4, -0.2) is 40.1 Å². The van der Waals surface area contributed by atoms with Crippen molar-refractivity contribution in [1.29, 1.82) is 0 Å². The average Bonchev–Trinajstić information content (AvgIpc) is 2.90. The number of cyclic esters (lactones) is 1. The average molecular weight is 567 g/mol. The number of carboxylic acids is 1. The number of aliphatic carboxylic acids is 1. The standard InChI is InChI=1S/C35H50O6/c1-9-30(17-18-31-26(5)16-19-33(38)41-31)22-24(3)13-10-12-23(2)20-25(4)21-28(7)35(40)29(8)34(39)27(6)14-11-15-32(36)37/h10-12,15-22,24,26-29,31,34,39H,9,13-14H2,1-8H3,(H,36,37). The molecule has 6 heteroatoms. The van der Waals surface area contributed by atoms with Crippen LogP contribution in [0.3, 0.4) is 0 Å². The molecule has 1 heterocycles. The predicted molar refractivity (Wildman–Crippen MR) is 166 cm³/mol. The van der Waals surface area contributed by atoms with E-state index in [1.807, 2.05) is 58.9 Å². The van der Waals surface area contributed by atoms with Gasteiger partial charge in [-0.1, -0.05) is 107 Å². The Labute approximate surface area is 247 Å². The Bertz CT molecular complexity index is 1100. The van der Waals surface area contributed by atoms with Gasteiger partial charge in [0.1, 0.15) is 11.9 Å². The fraction of sp³-hybridized carbons (Fsp3) is 0.514. The maximum absolute atomic E-state index is 12.9. The highest BCUT2D eigenvalue weighted by molar-refractivity contribution is 5.85. The van der Waals surface area contributed by atoms with E-state index in [4.69, 9.17) is 9.84 Å². The number of ketones is 1. The molecule has 1 aliphatic rings. The maximum Gasteiger partial charge on any atom is 0.331 e. The molecule has 0 aliphatic carbocycles. The minimum absolute atomic E-state index is 0.0403. The van der Waals surface area contributed by atoms with E-state index in [0.717, 1.165) is 30.1 Å². The Hall–Kier alpha value is -3.25. The van der Waals surface area contributed by atoms with Crippen LogP contribution in [0.25, 0.3) is 0 Å². The number of ether oxygens (including phenoxy) is 1. The molecule has 0 bridgehead atoms. The van der Waals surface area contributed by atoms with Crippen LogP contribution in [0.2, 0.25) is 0 Å². The summed E-state index contributed by atoms with van der Waals surface area (Å²) in [5, 5.41) is 19.3. The molecule has 7 atom stereocenters. The third-order valence-corrected chi connectivity index (χ3v) is 7.33. The van der Waals surface area contributed by atoms with Crippen LogP contribution >= 0.6 is 0 Å². The molecule has 0 radical (unpaired) electrons. The van der Waals surface area contributed by atoms with Crippen LogP contribution in [0.4, 0.5) is 0 Å². The number of hydrogen-bond acceptors (Lipinski definition) is 5. The summed E-state index contributed by atoms with van der Waals surface area (Å²) in [4.78, 5) is 35.1. The number of carboxylic acid groups (broad SMARTS) is 1. The van der Waals surface area contributed by atoms with E-state index in [2.05, 4.69) is 38.2 Å². The minimum atomic E-state index is -1.03. The Morgan fingerprint density at radius 3 is 2.29 bits per heavy atom. The lowest BCUT2D eigenvalue weighted by Gasteiger charge is -2.24. The van der Waals surface area contributed by atoms with Gasteiger partial charge in [0.15, 0.2) is 0 Å². The monoisotopic (exact) mass is 566 g/mol. The van der Waals surface area contributed by atoms with Crippen LogP contribution in [-0.2, 0) is 19.1 Å². The second kappa shape index (κ2) is 18.2. The van der Waals surface area contributed by atoms with Crippen LogP contribution < -0.4 is 0 Å². The molecule has 7 unspecified atom stereocenters. The largest absolute Gasteiger partial charge is 0.478 e. The van der Waals surface area contributed by atoms with E-state index < -0.39 is 18.0 Å². The van der Waals surface area contributed by atoms with Crippen LogP contribution in [0.1, 0.15) is 74.7 Å². The van der Waals surface area contributed by atoms with E-state index in [1.54, 1.807) is 6.92 Å². The highest BCUT2D eigenvalue weighted by atomic mass is 16.5. The summed E-state index contributed by atoms with van der Waals surface area (Å²) < 4.78 is 5.40. The Morgan fingerprint density at radius 1 is 1.00 bits per heavy atom. The third-order valence-electron chi connectivity index (χ3n) is 7.33. The summed E-state index contributed by atoms with van der Waals surface area (Å²) in [5.41, 5.74) is 3.27. The van der Waals surface area contributed by atoms with Gasteiger partial charge in [-0.3, -0.25) is 4.79 Å². The second-order valence-electron chi connectivity index (χ2n) is 11.4. The van der Waals surface area contributed by atoms with Gasteiger partial charge in [0.2, 0.25) is 0 Å². The van der Waals surface area contributed by atoms with Crippen molar-refractivity contribution >= 4 is 17.7 Å². The van der Waals surface area contributed by atoms with Gasteiger partial charge in [0, 0.05) is 29.9 Å². The SMILES string of the molecule is CCC(C=CC1OC(=O)C=CC1C)=CC(C)CC=CC(C)=CC(C)=CC(C)C(=O)C(C)C(O)C(C)CC=CC(=O)O. The quantitative estimate of drug-likeness (QED) is 0.115. The summed E-state index contributed by atoms with van der Waals surface area (Å²) in [7, 11) is 0. The van der Waals surface area contributed by atoms with Crippen molar-refractivity contribution in [3.8, 4) is 0 Å². The van der Waals surface area contributed by atoms with Gasteiger partial charge in [-0.2, -0.15) is 0 Å². The normalized spacial score (nSPS) is 22.7. The Kier molecular flexibility index (Phi) is 15.9. The van der Waals surface area contributed by atoms with Crippen molar-refractivity contribution in [3.05, 3.63) is 83.6 Å². The summed E-state index contributed by atoms with van der Waals surface area (Å²) in [5.74, 6) is -1.99. The number of aliphatic hydroxyl groups excluding tert-OH is 1. The number of Topliss-reactive ketones (excluding diaryl/α,β-unsaturated/α-hetero) is 1. The molecule has 226 valence electrons. The van der Waals surface area contributed by atoms with E-state index in [-0.39, 0.29) is 35.6 Å².